The number of rotatable bonds is 4. The van der Waals surface area contributed by atoms with Crippen LogP contribution >= 0.6 is 0 Å². The lowest BCUT2D eigenvalue weighted by Gasteiger charge is -2.22. The van der Waals surface area contributed by atoms with Crippen molar-refractivity contribution in [3.05, 3.63) is 11.8 Å². The molecule has 1 aromatic rings. The average Bonchev–Trinajstić information content (AvgIpc) is 3.20. The number of aryl methyl sites for hydroxylation is 1. The molecule has 1 aliphatic heterocycles. The molecule has 0 aromatic carbocycles. The normalized spacial score (nSPS) is 33.6. The summed E-state index contributed by atoms with van der Waals surface area (Å²) in [7, 11) is 0. The summed E-state index contributed by atoms with van der Waals surface area (Å²) < 4.78 is 15.2. The third-order valence-electron chi connectivity index (χ3n) is 5.00. The zero-order chi connectivity index (χ0) is 16.1. The lowest BCUT2D eigenvalue weighted by Crippen LogP contribution is -2.35. The summed E-state index contributed by atoms with van der Waals surface area (Å²) in [5.41, 5.74) is 0. The van der Waals surface area contributed by atoms with Gasteiger partial charge in [0.25, 0.3) is 5.91 Å². The molecule has 8 heteroatoms. The first-order valence-corrected chi connectivity index (χ1v) is 7.63. The van der Waals surface area contributed by atoms with E-state index in [1.54, 1.807) is 13.0 Å². The van der Waals surface area contributed by atoms with Crippen molar-refractivity contribution in [2.45, 2.75) is 25.9 Å². The van der Waals surface area contributed by atoms with Gasteiger partial charge in [0, 0.05) is 12.0 Å². The minimum atomic E-state index is -0.498. The SMILES string of the molecule is Cc1cc(NC(=O)COC(=O)[C@@H]2[C@@H]3C[C@@H]4[C@@H]2C(=O)O[C@H]4C3)no1. The molecule has 3 aliphatic rings. The van der Waals surface area contributed by atoms with E-state index in [2.05, 4.69) is 10.5 Å². The van der Waals surface area contributed by atoms with Gasteiger partial charge in [-0.3, -0.25) is 14.4 Å². The Morgan fingerprint density at radius 2 is 2.26 bits per heavy atom. The highest BCUT2D eigenvalue weighted by Gasteiger charge is 2.64. The molecule has 0 radical (unpaired) electrons. The summed E-state index contributed by atoms with van der Waals surface area (Å²) in [6.45, 7) is 1.29. The molecule has 2 aliphatic carbocycles. The van der Waals surface area contributed by atoms with Crippen molar-refractivity contribution in [3.63, 3.8) is 0 Å². The Morgan fingerprint density at radius 3 is 3.00 bits per heavy atom. The summed E-state index contributed by atoms with van der Waals surface area (Å²) >= 11 is 0. The second kappa shape index (κ2) is 5.07. The number of hydrogen-bond donors (Lipinski definition) is 1. The third kappa shape index (κ3) is 2.29. The molecular formula is C15H16N2O6. The molecule has 8 nitrogen and oxygen atoms in total. The predicted octanol–water partition coefficient (Wildman–Crippen LogP) is 0.662. The summed E-state index contributed by atoms with van der Waals surface area (Å²) in [6, 6.07) is 1.56. The molecular weight excluding hydrogens is 304 g/mol. The summed E-state index contributed by atoms with van der Waals surface area (Å²) in [5.74, 6) is -1.08. The van der Waals surface area contributed by atoms with Crippen molar-refractivity contribution in [1.82, 2.24) is 5.16 Å². The number of carbonyl (C=O) groups excluding carboxylic acids is 3. The number of nitrogens with zero attached hydrogens (tertiary/aromatic N) is 1. The van der Waals surface area contributed by atoms with E-state index in [9.17, 15) is 14.4 Å². The van der Waals surface area contributed by atoms with Crippen LogP contribution in [0.2, 0.25) is 0 Å². The Balaban J connectivity index is 1.34. The van der Waals surface area contributed by atoms with E-state index >= 15 is 0 Å². The van der Waals surface area contributed by atoms with Crippen molar-refractivity contribution >= 4 is 23.7 Å². The summed E-state index contributed by atoms with van der Waals surface area (Å²) in [6.07, 6.45) is 1.52. The number of ether oxygens (including phenoxy) is 2. The molecule has 1 N–H and O–H groups in total. The maximum atomic E-state index is 12.3. The van der Waals surface area contributed by atoms with Gasteiger partial charge in [-0.25, -0.2) is 0 Å². The Morgan fingerprint density at radius 1 is 1.43 bits per heavy atom. The van der Waals surface area contributed by atoms with Crippen LogP contribution in [0.25, 0.3) is 0 Å². The molecule has 1 saturated heterocycles. The largest absolute Gasteiger partial charge is 0.462 e. The van der Waals surface area contributed by atoms with Crippen LogP contribution in [-0.2, 0) is 23.9 Å². The highest BCUT2D eigenvalue weighted by molar-refractivity contribution is 5.92. The molecule has 2 bridgehead atoms. The lowest BCUT2D eigenvalue weighted by atomic mass is 9.80. The van der Waals surface area contributed by atoms with Gasteiger partial charge in [-0.2, -0.15) is 0 Å². The summed E-state index contributed by atoms with van der Waals surface area (Å²) in [4.78, 5) is 35.9. The van der Waals surface area contributed by atoms with E-state index in [4.69, 9.17) is 14.0 Å². The minimum absolute atomic E-state index is 0.0275. The maximum absolute atomic E-state index is 12.3. The smallest absolute Gasteiger partial charge is 0.310 e. The molecule has 0 spiro atoms. The first kappa shape index (κ1) is 14.2. The van der Waals surface area contributed by atoms with Gasteiger partial charge in [0.1, 0.15) is 11.9 Å². The fourth-order valence-corrected chi connectivity index (χ4v) is 4.16. The highest BCUT2D eigenvalue weighted by atomic mass is 16.6. The molecule has 23 heavy (non-hydrogen) atoms. The number of hydrogen-bond acceptors (Lipinski definition) is 7. The molecule has 5 atom stereocenters. The minimum Gasteiger partial charge on any atom is -0.462 e. The number of fused-ring (bicyclic) bond motifs is 1. The van der Waals surface area contributed by atoms with Crippen LogP contribution in [0.3, 0.4) is 0 Å². The van der Waals surface area contributed by atoms with Crippen LogP contribution in [0.15, 0.2) is 10.6 Å². The number of aromatic nitrogens is 1. The van der Waals surface area contributed by atoms with E-state index in [0.29, 0.717) is 5.76 Å². The van der Waals surface area contributed by atoms with Crippen molar-refractivity contribution in [2.75, 3.05) is 11.9 Å². The number of carbonyl (C=O) groups is 3. The van der Waals surface area contributed by atoms with Gasteiger partial charge in [0.05, 0.1) is 11.8 Å². The molecule has 2 heterocycles. The maximum Gasteiger partial charge on any atom is 0.310 e. The third-order valence-corrected chi connectivity index (χ3v) is 5.00. The molecule has 2 saturated carbocycles. The van der Waals surface area contributed by atoms with Gasteiger partial charge >= 0.3 is 11.9 Å². The Kier molecular flexibility index (Phi) is 3.14. The highest BCUT2D eigenvalue weighted by Crippen LogP contribution is 2.57. The van der Waals surface area contributed by atoms with Gasteiger partial charge in [0.2, 0.25) is 0 Å². The van der Waals surface area contributed by atoms with E-state index in [1.165, 1.54) is 0 Å². The molecule has 3 fully saturated rings. The average molecular weight is 320 g/mol. The van der Waals surface area contributed by atoms with Gasteiger partial charge < -0.3 is 19.3 Å². The second-order valence-corrected chi connectivity index (χ2v) is 6.40. The Hall–Kier alpha value is -2.38. The van der Waals surface area contributed by atoms with E-state index in [-0.39, 0.29) is 29.7 Å². The van der Waals surface area contributed by atoms with Crippen LogP contribution in [0.1, 0.15) is 18.6 Å². The first-order chi connectivity index (χ1) is 11.0. The zero-order valence-electron chi connectivity index (χ0n) is 12.5. The van der Waals surface area contributed by atoms with Crippen LogP contribution in [-0.4, -0.2) is 35.7 Å². The second-order valence-electron chi connectivity index (χ2n) is 6.40. The molecule has 4 rings (SSSR count). The Bertz CT molecular complexity index is 681. The van der Waals surface area contributed by atoms with Gasteiger partial charge in [-0.15, -0.1) is 0 Å². The monoisotopic (exact) mass is 320 g/mol. The number of esters is 2. The fourth-order valence-electron chi connectivity index (χ4n) is 4.16. The predicted molar refractivity (Wildman–Crippen MR) is 73.9 cm³/mol. The van der Waals surface area contributed by atoms with Crippen LogP contribution in [0.5, 0.6) is 0 Å². The van der Waals surface area contributed by atoms with Gasteiger partial charge in [-0.1, -0.05) is 5.16 Å². The quantitative estimate of drug-likeness (QED) is 0.812. The lowest BCUT2D eigenvalue weighted by molar-refractivity contribution is -0.157. The standard InChI is InChI=1S/C15H16N2O6/c1-6-2-10(17-23-6)16-11(18)5-21-14(19)12-7-3-8-9(4-7)22-15(20)13(8)12/h2,7-9,12-13H,3-5H2,1H3,(H,16,17,18)/t7-,8+,9+,12-,13+/m1/s1. The zero-order valence-corrected chi connectivity index (χ0v) is 12.5. The van der Waals surface area contributed by atoms with E-state index in [0.717, 1.165) is 12.8 Å². The molecule has 1 amide bonds. The van der Waals surface area contributed by atoms with Gasteiger partial charge in [-0.05, 0) is 25.7 Å². The number of amides is 1. The van der Waals surface area contributed by atoms with Crippen molar-refractivity contribution in [1.29, 1.82) is 0 Å². The topological polar surface area (TPSA) is 108 Å². The van der Waals surface area contributed by atoms with E-state index < -0.39 is 30.3 Å². The first-order valence-electron chi connectivity index (χ1n) is 7.63. The number of nitrogens with one attached hydrogen (secondary N) is 1. The summed E-state index contributed by atoms with van der Waals surface area (Å²) in [5, 5.41) is 6.10. The van der Waals surface area contributed by atoms with Crippen LogP contribution in [0, 0.1) is 30.6 Å². The van der Waals surface area contributed by atoms with Crippen molar-refractivity contribution in [2.24, 2.45) is 23.7 Å². The van der Waals surface area contributed by atoms with Crippen LogP contribution < -0.4 is 5.32 Å². The van der Waals surface area contributed by atoms with Crippen molar-refractivity contribution < 1.29 is 28.4 Å². The fraction of sp³-hybridized carbons (Fsp3) is 0.600. The molecule has 0 unspecified atom stereocenters. The van der Waals surface area contributed by atoms with Crippen LogP contribution in [0.4, 0.5) is 5.82 Å². The number of anilines is 1. The Labute approximate surface area is 131 Å². The van der Waals surface area contributed by atoms with Gasteiger partial charge in [0.15, 0.2) is 12.4 Å². The molecule has 122 valence electrons. The molecule has 1 aromatic heterocycles. The van der Waals surface area contributed by atoms with Crippen molar-refractivity contribution in [3.8, 4) is 0 Å². The van der Waals surface area contributed by atoms with E-state index in [1.807, 2.05) is 0 Å².